The van der Waals surface area contributed by atoms with E-state index in [9.17, 15) is 10.2 Å². The molecule has 3 heteroatoms. The molecule has 0 aliphatic heterocycles. The SMILES string of the molecule is CC(NC1CCCCC1O)c1cccc(O)c1. The number of rotatable bonds is 3. The number of phenolic OH excluding ortho intramolecular Hbond substituents is 1. The van der Waals surface area contributed by atoms with Crippen LogP contribution in [0.2, 0.25) is 0 Å². The number of aliphatic hydroxyl groups is 1. The first kappa shape index (κ1) is 12.4. The Labute approximate surface area is 102 Å². The largest absolute Gasteiger partial charge is 0.508 e. The number of hydrogen-bond acceptors (Lipinski definition) is 3. The minimum absolute atomic E-state index is 0.153. The molecule has 0 amide bonds. The topological polar surface area (TPSA) is 52.5 Å². The van der Waals surface area contributed by atoms with Crippen LogP contribution in [0.1, 0.15) is 44.2 Å². The third-order valence-electron chi connectivity index (χ3n) is 3.56. The van der Waals surface area contributed by atoms with E-state index >= 15 is 0 Å². The Morgan fingerprint density at radius 2 is 2.06 bits per heavy atom. The molecule has 3 nitrogen and oxygen atoms in total. The van der Waals surface area contributed by atoms with Crippen molar-refractivity contribution in [2.75, 3.05) is 0 Å². The zero-order chi connectivity index (χ0) is 12.3. The minimum atomic E-state index is -0.233. The molecule has 1 aliphatic carbocycles. The fourth-order valence-electron chi connectivity index (χ4n) is 2.52. The Morgan fingerprint density at radius 1 is 1.29 bits per heavy atom. The summed E-state index contributed by atoms with van der Waals surface area (Å²) in [6, 6.07) is 7.62. The van der Waals surface area contributed by atoms with E-state index in [2.05, 4.69) is 12.2 Å². The summed E-state index contributed by atoms with van der Waals surface area (Å²) in [5.41, 5.74) is 1.06. The van der Waals surface area contributed by atoms with Crippen LogP contribution in [0.5, 0.6) is 5.75 Å². The van der Waals surface area contributed by atoms with Crippen molar-refractivity contribution < 1.29 is 10.2 Å². The van der Waals surface area contributed by atoms with Gasteiger partial charge in [-0.25, -0.2) is 0 Å². The molecule has 0 spiro atoms. The zero-order valence-corrected chi connectivity index (χ0v) is 10.3. The van der Waals surface area contributed by atoms with Gasteiger partial charge < -0.3 is 15.5 Å². The summed E-state index contributed by atoms with van der Waals surface area (Å²) in [5.74, 6) is 0.292. The van der Waals surface area contributed by atoms with Crippen LogP contribution in [0.15, 0.2) is 24.3 Å². The lowest BCUT2D eigenvalue weighted by atomic mass is 9.91. The predicted molar refractivity (Wildman–Crippen MR) is 67.9 cm³/mol. The van der Waals surface area contributed by atoms with E-state index < -0.39 is 0 Å². The maximum atomic E-state index is 9.91. The first-order valence-corrected chi connectivity index (χ1v) is 6.40. The van der Waals surface area contributed by atoms with E-state index in [1.165, 1.54) is 6.42 Å². The molecule has 0 aromatic heterocycles. The monoisotopic (exact) mass is 235 g/mol. The molecule has 17 heavy (non-hydrogen) atoms. The van der Waals surface area contributed by atoms with Crippen LogP contribution in [0.4, 0.5) is 0 Å². The van der Waals surface area contributed by atoms with Gasteiger partial charge in [0.05, 0.1) is 6.10 Å². The summed E-state index contributed by atoms with van der Waals surface area (Å²) >= 11 is 0. The number of aliphatic hydroxyl groups excluding tert-OH is 1. The third-order valence-corrected chi connectivity index (χ3v) is 3.56. The molecule has 0 radical (unpaired) electrons. The van der Waals surface area contributed by atoms with Crippen molar-refractivity contribution in [3.63, 3.8) is 0 Å². The summed E-state index contributed by atoms with van der Waals surface area (Å²) in [6.07, 6.45) is 4.00. The summed E-state index contributed by atoms with van der Waals surface area (Å²) in [4.78, 5) is 0. The first-order chi connectivity index (χ1) is 8.16. The highest BCUT2D eigenvalue weighted by Crippen LogP contribution is 2.23. The molecule has 1 saturated carbocycles. The number of phenols is 1. The summed E-state index contributed by atoms with van der Waals surface area (Å²) in [6.45, 7) is 2.07. The Balaban J connectivity index is 1.98. The molecule has 2 rings (SSSR count). The van der Waals surface area contributed by atoms with Gasteiger partial charge >= 0.3 is 0 Å². The average molecular weight is 235 g/mol. The van der Waals surface area contributed by atoms with Crippen molar-refractivity contribution in [3.05, 3.63) is 29.8 Å². The Morgan fingerprint density at radius 3 is 2.76 bits per heavy atom. The maximum Gasteiger partial charge on any atom is 0.115 e. The highest BCUT2D eigenvalue weighted by molar-refractivity contribution is 5.29. The highest BCUT2D eigenvalue weighted by Gasteiger charge is 2.24. The zero-order valence-electron chi connectivity index (χ0n) is 10.3. The molecule has 3 N–H and O–H groups in total. The Bertz CT molecular complexity index is 367. The second-order valence-corrected chi connectivity index (χ2v) is 4.94. The first-order valence-electron chi connectivity index (χ1n) is 6.40. The molecule has 1 fully saturated rings. The number of aromatic hydroxyl groups is 1. The maximum absolute atomic E-state index is 9.91. The van der Waals surface area contributed by atoms with Crippen LogP contribution in [-0.2, 0) is 0 Å². The second kappa shape index (κ2) is 5.52. The lowest BCUT2D eigenvalue weighted by Crippen LogP contribution is -2.43. The van der Waals surface area contributed by atoms with Gasteiger partial charge in [0.2, 0.25) is 0 Å². The summed E-state index contributed by atoms with van der Waals surface area (Å²) < 4.78 is 0. The second-order valence-electron chi connectivity index (χ2n) is 4.94. The van der Waals surface area contributed by atoms with Crippen molar-refractivity contribution in [3.8, 4) is 5.75 Å². The van der Waals surface area contributed by atoms with Crippen molar-refractivity contribution in [1.82, 2.24) is 5.32 Å². The Kier molecular flexibility index (Phi) is 4.02. The molecule has 0 heterocycles. The average Bonchev–Trinajstić information content (AvgIpc) is 2.32. The van der Waals surface area contributed by atoms with Gasteiger partial charge in [-0.15, -0.1) is 0 Å². The van der Waals surface area contributed by atoms with Crippen molar-refractivity contribution in [1.29, 1.82) is 0 Å². The molecule has 94 valence electrons. The van der Waals surface area contributed by atoms with Gasteiger partial charge in [0.25, 0.3) is 0 Å². The molecule has 3 unspecified atom stereocenters. The van der Waals surface area contributed by atoms with Gasteiger partial charge in [-0.1, -0.05) is 25.0 Å². The van der Waals surface area contributed by atoms with Crippen LogP contribution in [-0.4, -0.2) is 22.4 Å². The summed E-state index contributed by atoms with van der Waals surface area (Å²) in [5, 5.41) is 22.8. The Hall–Kier alpha value is -1.06. The van der Waals surface area contributed by atoms with Crippen molar-refractivity contribution >= 4 is 0 Å². The molecule has 1 aliphatic rings. The highest BCUT2D eigenvalue weighted by atomic mass is 16.3. The molecule has 1 aromatic rings. The van der Waals surface area contributed by atoms with Crippen LogP contribution >= 0.6 is 0 Å². The molecule has 0 bridgehead atoms. The van der Waals surface area contributed by atoms with Crippen molar-refractivity contribution in [2.24, 2.45) is 0 Å². The third kappa shape index (κ3) is 3.20. The predicted octanol–water partition coefficient (Wildman–Crippen LogP) is 2.35. The van der Waals surface area contributed by atoms with Gasteiger partial charge in [-0.3, -0.25) is 0 Å². The smallest absolute Gasteiger partial charge is 0.115 e. The lowest BCUT2D eigenvalue weighted by molar-refractivity contribution is 0.0859. The van der Waals surface area contributed by atoms with Crippen molar-refractivity contribution in [2.45, 2.75) is 50.8 Å². The van der Waals surface area contributed by atoms with Gasteiger partial charge in [0, 0.05) is 12.1 Å². The van der Waals surface area contributed by atoms with E-state index in [0.29, 0.717) is 5.75 Å². The fraction of sp³-hybridized carbons (Fsp3) is 0.571. The van der Waals surface area contributed by atoms with Crippen LogP contribution < -0.4 is 5.32 Å². The number of benzene rings is 1. The van der Waals surface area contributed by atoms with Crippen LogP contribution in [0, 0.1) is 0 Å². The van der Waals surface area contributed by atoms with E-state index in [0.717, 1.165) is 24.8 Å². The molecular weight excluding hydrogens is 214 g/mol. The van der Waals surface area contributed by atoms with Crippen LogP contribution in [0.25, 0.3) is 0 Å². The van der Waals surface area contributed by atoms with E-state index in [1.807, 2.05) is 12.1 Å². The molecule has 0 saturated heterocycles. The lowest BCUT2D eigenvalue weighted by Gasteiger charge is -2.31. The normalized spacial score (nSPS) is 26.7. The fourth-order valence-corrected chi connectivity index (χ4v) is 2.52. The number of nitrogens with one attached hydrogen (secondary N) is 1. The molecular formula is C14H21NO2. The minimum Gasteiger partial charge on any atom is -0.508 e. The van der Waals surface area contributed by atoms with E-state index in [4.69, 9.17) is 0 Å². The van der Waals surface area contributed by atoms with E-state index in [-0.39, 0.29) is 18.2 Å². The van der Waals surface area contributed by atoms with Crippen LogP contribution in [0.3, 0.4) is 0 Å². The quantitative estimate of drug-likeness (QED) is 0.753. The van der Waals surface area contributed by atoms with E-state index in [1.54, 1.807) is 12.1 Å². The van der Waals surface area contributed by atoms with Gasteiger partial charge in [-0.05, 0) is 37.5 Å². The van der Waals surface area contributed by atoms with Gasteiger partial charge in [-0.2, -0.15) is 0 Å². The van der Waals surface area contributed by atoms with Gasteiger partial charge in [0.1, 0.15) is 5.75 Å². The van der Waals surface area contributed by atoms with Gasteiger partial charge in [0.15, 0.2) is 0 Å². The number of hydrogen-bond donors (Lipinski definition) is 3. The molecule has 1 aromatic carbocycles. The molecule has 3 atom stereocenters. The summed E-state index contributed by atoms with van der Waals surface area (Å²) in [7, 11) is 0. The standard InChI is InChI=1S/C14H21NO2/c1-10(11-5-4-6-12(16)9-11)15-13-7-2-3-8-14(13)17/h4-6,9-10,13-17H,2-3,7-8H2,1H3.